The normalized spacial score (nSPS) is 11.4. The van der Waals surface area contributed by atoms with Gasteiger partial charge in [-0.3, -0.25) is 9.78 Å². The molecular weight excluding hydrogens is 240 g/mol. The molecule has 1 heterocycles. The Morgan fingerprint density at radius 3 is 2.79 bits per heavy atom. The molecule has 1 aromatic carbocycles. The Morgan fingerprint density at radius 2 is 2.11 bits per heavy atom. The van der Waals surface area contributed by atoms with Crippen LogP contribution in [0.15, 0.2) is 63.8 Å². The van der Waals surface area contributed by atoms with Gasteiger partial charge in [0.25, 0.3) is 5.56 Å². The number of nitrogens with zero attached hydrogens (tertiary/aromatic N) is 3. The first kappa shape index (κ1) is 12.9. The van der Waals surface area contributed by atoms with Crippen LogP contribution in [-0.2, 0) is 0 Å². The Labute approximate surface area is 110 Å². The van der Waals surface area contributed by atoms with Gasteiger partial charge in [-0.15, -0.1) is 5.11 Å². The van der Waals surface area contributed by atoms with Gasteiger partial charge >= 0.3 is 0 Å². The van der Waals surface area contributed by atoms with Crippen LogP contribution in [0.2, 0.25) is 0 Å². The Bertz CT molecular complexity index is 644. The maximum Gasteiger partial charge on any atom is 0.260 e. The summed E-state index contributed by atoms with van der Waals surface area (Å²) >= 11 is 0. The van der Waals surface area contributed by atoms with E-state index in [1.165, 1.54) is 6.20 Å². The third-order valence-corrected chi connectivity index (χ3v) is 2.43. The average Bonchev–Trinajstić information content (AvgIpc) is 2.45. The highest BCUT2D eigenvalue weighted by Gasteiger charge is 2.03. The SMILES string of the molecule is CC/C=C\N=Nc1ncc(-c2ccccc2)c(=O)[nH]1. The van der Waals surface area contributed by atoms with Crippen LogP contribution >= 0.6 is 0 Å². The number of hydrogen-bond acceptors (Lipinski definition) is 4. The van der Waals surface area contributed by atoms with Gasteiger partial charge in [0.15, 0.2) is 0 Å². The Balaban J connectivity index is 2.26. The van der Waals surface area contributed by atoms with Crippen molar-refractivity contribution in [2.24, 2.45) is 10.2 Å². The molecule has 0 aliphatic carbocycles. The number of aromatic amines is 1. The minimum Gasteiger partial charge on any atom is -0.289 e. The van der Waals surface area contributed by atoms with Crippen molar-refractivity contribution in [2.75, 3.05) is 0 Å². The van der Waals surface area contributed by atoms with Crippen LogP contribution in [0.3, 0.4) is 0 Å². The maximum absolute atomic E-state index is 11.9. The highest BCUT2D eigenvalue weighted by Crippen LogP contribution is 2.14. The van der Waals surface area contributed by atoms with Crippen LogP contribution in [-0.4, -0.2) is 9.97 Å². The van der Waals surface area contributed by atoms with Gasteiger partial charge in [0.05, 0.1) is 5.56 Å². The number of H-pyrrole nitrogens is 1. The molecular formula is C14H14N4O. The van der Waals surface area contributed by atoms with Gasteiger partial charge in [-0.2, -0.15) is 5.11 Å². The van der Waals surface area contributed by atoms with E-state index in [0.717, 1.165) is 12.0 Å². The molecule has 0 aliphatic rings. The summed E-state index contributed by atoms with van der Waals surface area (Å²) in [5, 5.41) is 7.60. The molecule has 0 spiro atoms. The first-order chi connectivity index (χ1) is 9.31. The molecule has 0 aliphatic heterocycles. The second kappa shape index (κ2) is 6.39. The van der Waals surface area contributed by atoms with Crippen LogP contribution in [0.4, 0.5) is 5.95 Å². The molecule has 0 radical (unpaired) electrons. The first-order valence-corrected chi connectivity index (χ1v) is 6.02. The van der Waals surface area contributed by atoms with E-state index in [1.807, 2.05) is 43.3 Å². The predicted octanol–water partition coefficient (Wildman–Crippen LogP) is 3.44. The van der Waals surface area contributed by atoms with Crippen molar-refractivity contribution < 1.29 is 0 Å². The van der Waals surface area contributed by atoms with Crippen molar-refractivity contribution in [2.45, 2.75) is 13.3 Å². The molecule has 0 saturated carbocycles. The quantitative estimate of drug-likeness (QED) is 0.849. The van der Waals surface area contributed by atoms with Gasteiger partial charge in [0, 0.05) is 12.4 Å². The van der Waals surface area contributed by atoms with Crippen LogP contribution in [0.25, 0.3) is 11.1 Å². The molecule has 96 valence electrons. The average molecular weight is 254 g/mol. The fourth-order valence-corrected chi connectivity index (χ4v) is 1.50. The lowest BCUT2D eigenvalue weighted by Gasteiger charge is -1.99. The van der Waals surface area contributed by atoms with Gasteiger partial charge in [-0.1, -0.05) is 43.3 Å². The molecule has 0 amide bonds. The number of aromatic nitrogens is 2. The van der Waals surface area contributed by atoms with Gasteiger partial charge < -0.3 is 0 Å². The summed E-state index contributed by atoms with van der Waals surface area (Å²) in [5.41, 5.74) is 1.11. The zero-order valence-corrected chi connectivity index (χ0v) is 10.6. The number of benzene rings is 1. The lowest BCUT2D eigenvalue weighted by Crippen LogP contribution is -2.09. The highest BCUT2D eigenvalue weighted by atomic mass is 16.1. The number of nitrogens with one attached hydrogen (secondary N) is 1. The van der Waals surface area contributed by atoms with Gasteiger partial charge in [0.1, 0.15) is 0 Å². The van der Waals surface area contributed by atoms with E-state index in [0.29, 0.717) is 5.56 Å². The summed E-state index contributed by atoms with van der Waals surface area (Å²) < 4.78 is 0. The topological polar surface area (TPSA) is 70.5 Å². The molecule has 1 N–H and O–H groups in total. The van der Waals surface area contributed by atoms with E-state index in [2.05, 4.69) is 20.2 Å². The van der Waals surface area contributed by atoms with Crippen molar-refractivity contribution in [3.63, 3.8) is 0 Å². The van der Waals surface area contributed by atoms with Crippen LogP contribution in [0.5, 0.6) is 0 Å². The summed E-state index contributed by atoms with van der Waals surface area (Å²) in [6.07, 6.45) is 5.83. The van der Waals surface area contributed by atoms with E-state index < -0.39 is 0 Å². The second-order valence-corrected chi connectivity index (χ2v) is 3.82. The fourth-order valence-electron chi connectivity index (χ4n) is 1.50. The lowest BCUT2D eigenvalue weighted by molar-refractivity contribution is 1.04. The highest BCUT2D eigenvalue weighted by molar-refractivity contribution is 5.61. The van der Waals surface area contributed by atoms with Crippen LogP contribution in [0, 0.1) is 0 Å². The molecule has 5 heteroatoms. The molecule has 2 aromatic rings. The van der Waals surface area contributed by atoms with Gasteiger partial charge in [-0.25, -0.2) is 4.98 Å². The van der Waals surface area contributed by atoms with Gasteiger partial charge in [-0.05, 0) is 12.0 Å². The first-order valence-electron chi connectivity index (χ1n) is 6.02. The Kier molecular flexibility index (Phi) is 4.34. The van der Waals surface area contributed by atoms with Crippen molar-refractivity contribution >= 4 is 5.95 Å². The molecule has 5 nitrogen and oxygen atoms in total. The van der Waals surface area contributed by atoms with E-state index in [-0.39, 0.29) is 11.5 Å². The zero-order chi connectivity index (χ0) is 13.5. The number of azo groups is 1. The van der Waals surface area contributed by atoms with Crippen LogP contribution < -0.4 is 5.56 Å². The zero-order valence-electron chi connectivity index (χ0n) is 10.6. The summed E-state index contributed by atoms with van der Waals surface area (Å²) in [6.45, 7) is 2.00. The third-order valence-electron chi connectivity index (χ3n) is 2.43. The number of rotatable bonds is 4. The molecule has 0 fully saturated rings. The minimum absolute atomic E-state index is 0.199. The summed E-state index contributed by atoms with van der Waals surface area (Å²) in [5.74, 6) is 0.199. The fraction of sp³-hybridized carbons (Fsp3) is 0.143. The minimum atomic E-state index is -0.227. The summed E-state index contributed by atoms with van der Waals surface area (Å²) in [7, 11) is 0. The lowest BCUT2D eigenvalue weighted by atomic mass is 10.1. The summed E-state index contributed by atoms with van der Waals surface area (Å²) in [4.78, 5) is 18.6. The number of allylic oxidation sites excluding steroid dienone is 1. The van der Waals surface area contributed by atoms with Crippen molar-refractivity contribution in [3.8, 4) is 11.1 Å². The molecule has 0 unspecified atom stereocenters. The molecule has 2 rings (SSSR count). The van der Waals surface area contributed by atoms with Crippen LogP contribution in [0.1, 0.15) is 13.3 Å². The smallest absolute Gasteiger partial charge is 0.260 e. The molecule has 0 atom stereocenters. The second-order valence-electron chi connectivity index (χ2n) is 3.82. The Morgan fingerprint density at radius 1 is 1.32 bits per heavy atom. The Hall–Kier alpha value is -2.56. The monoisotopic (exact) mass is 254 g/mol. The van der Waals surface area contributed by atoms with Gasteiger partial charge in [0.2, 0.25) is 5.95 Å². The molecule has 19 heavy (non-hydrogen) atoms. The van der Waals surface area contributed by atoms with E-state index >= 15 is 0 Å². The van der Waals surface area contributed by atoms with Crippen molar-refractivity contribution in [3.05, 3.63) is 59.2 Å². The van der Waals surface area contributed by atoms with E-state index in [1.54, 1.807) is 6.20 Å². The number of hydrogen-bond donors (Lipinski definition) is 1. The molecule has 0 saturated heterocycles. The van der Waals surface area contributed by atoms with Crippen molar-refractivity contribution in [1.29, 1.82) is 0 Å². The maximum atomic E-state index is 11.9. The van der Waals surface area contributed by atoms with E-state index in [9.17, 15) is 4.79 Å². The van der Waals surface area contributed by atoms with Crippen molar-refractivity contribution in [1.82, 2.24) is 9.97 Å². The predicted molar refractivity (Wildman–Crippen MR) is 74.2 cm³/mol. The third kappa shape index (κ3) is 3.45. The standard InChI is InChI=1S/C14H14N4O/c1-2-3-9-16-18-14-15-10-12(13(19)17-14)11-7-5-4-6-8-11/h3-10H,2H2,1H3,(H,15,17,19)/b9-3-,18-16?. The largest absolute Gasteiger partial charge is 0.289 e. The molecule has 1 aromatic heterocycles. The summed E-state index contributed by atoms with van der Waals surface area (Å²) in [6, 6.07) is 9.36. The van der Waals surface area contributed by atoms with E-state index in [4.69, 9.17) is 0 Å². The molecule has 0 bridgehead atoms.